The van der Waals surface area contributed by atoms with Gasteiger partial charge in [0.1, 0.15) is 12.4 Å². The standard InChI is InChI=1S/C18H12BrN7O/c1-11(25-18(27)14-4-13(8-21)5-15(19)6-14)17-23-10-24-26(17)16-3-2-12(7-20)9-22-16/h2-6,9-11H,1H3,(H,25,27)/t11-/m0/s1. The molecule has 9 heteroatoms. The van der Waals surface area contributed by atoms with Crippen LogP contribution in [-0.4, -0.2) is 25.7 Å². The Hall–Kier alpha value is -3.56. The zero-order chi connectivity index (χ0) is 19.4. The predicted molar refractivity (Wildman–Crippen MR) is 98.6 cm³/mol. The second kappa shape index (κ2) is 7.77. The van der Waals surface area contributed by atoms with E-state index in [-0.39, 0.29) is 5.91 Å². The number of nitrogens with one attached hydrogen (secondary N) is 1. The molecule has 3 aromatic rings. The van der Waals surface area contributed by atoms with E-state index in [1.54, 1.807) is 31.2 Å². The molecule has 1 aromatic carbocycles. The lowest BCUT2D eigenvalue weighted by Crippen LogP contribution is -2.29. The van der Waals surface area contributed by atoms with E-state index in [0.29, 0.717) is 32.8 Å². The highest BCUT2D eigenvalue weighted by molar-refractivity contribution is 9.10. The number of nitriles is 2. The van der Waals surface area contributed by atoms with E-state index in [9.17, 15) is 4.79 Å². The highest BCUT2D eigenvalue weighted by Crippen LogP contribution is 2.18. The molecule has 1 amide bonds. The van der Waals surface area contributed by atoms with Gasteiger partial charge in [0.05, 0.1) is 23.2 Å². The van der Waals surface area contributed by atoms with Gasteiger partial charge in [-0.05, 0) is 37.3 Å². The van der Waals surface area contributed by atoms with Crippen LogP contribution in [0.15, 0.2) is 47.3 Å². The molecule has 27 heavy (non-hydrogen) atoms. The first-order valence-corrected chi connectivity index (χ1v) is 8.59. The lowest BCUT2D eigenvalue weighted by Gasteiger charge is -2.14. The number of nitrogens with zero attached hydrogens (tertiary/aromatic N) is 6. The zero-order valence-electron chi connectivity index (χ0n) is 14.1. The van der Waals surface area contributed by atoms with Gasteiger partial charge >= 0.3 is 0 Å². The van der Waals surface area contributed by atoms with E-state index in [0.717, 1.165) is 0 Å². The molecule has 1 atom stereocenters. The Morgan fingerprint density at radius 3 is 2.63 bits per heavy atom. The van der Waals surface area contributed by atoms with Gasteiger partial charge in [0.2, 0.25) is 0 Å². The number of carbonyl (C=O) groups is 1. The van der Waals surface area contributed by atoms with Crippen molar-refractivity contribution in [3.05, 3.63) is 69.8 Å². The molecule has 1 N–H and O–H groups in total. The SMILES string of the molecule is C[C@H](NC(=O)c1cc(Br)cc(C#N)c1)c1ncnn1-c1ccc(C#N)cn1. The first-order valence-electron chi connectivity index (χ1n) is 7.80. The normalized spacial score (nSPS) is 11.3. The molecule has 0 unspecified atom stereocenters. The summed E-state index contributed by atoms with van der Waals surface area (Å²) in [5, 5.41) is 24.9. The largest absolute Gasteiger partial charge is 0.342 e. The van der Waals surface area contributed by atoms with Crippen molar-refractivity contribution in [2.24, 2.45) is 0 Å². The number of aromatic nitrogens is 4. The second-order valence-electron chi connectivity index (χ2n) is 5.58. The monoisotopic (exact) mass is 421 g/mol. The summed E-state index contributed by atoms with van der Waals surface area (Å²) >= 11 is 3.29. The molecular weight excluding hydrogens is 410 g/mol. The van der Waals surface area contributed by atoms with Crippen molar-refractivity contribution < 1.29 is 4.79 Å². The maximum Gasteiger partial charge on any atom is 0.251 e. The molecule has 0 saturated heterocycles. The van der Waals surface area contributed by atoms with Gasteiger partial charge in [0, 0.05) is 16.2 Å². The third-order valence-electron chi connectivity index (χ3n) is 3.69. The fourth-order valence-electron chi connectivity index (χ4n) is 2.43. The van der Waals surface area contributed by atoms with E-state index in [1.165, 1.54) is 23.3 Å². The Kier molecular flexibility index (Phi) is 5.25. The first kappa shape index (κ1) is 18.2. The predicted octanol–water partition coefficient (Wildman–Crippen LogP) is 2.66. The molecule has 132 valence electrons. The molecular formula is C18H12BrN7O. The van der Waals surface area contributed by atoms with Crippen LogP contribution in [0.1, 0.15) is 40.3 Å². The molecule has 0 saturated carbocycles. The Bertz CT molecular complexity index is 1080. The van der Waals surface area contributed by atoms with Crippen molar-refractivity contribution in [3.8, 4) is 18.0 Å². The molecule has 2 heterocycles. The Morgan fingerprint density at radius 2 is 1.96 bits per heavy atom. The van der Waals surface area contributed by atoms with E-state index in [1.807, 2.05) is 12.1 Å². The van der Waals surface area contributed by atoms with Gasteiger partial charge in [-0.2, -0.15) is 20.3 Å². The van der Waals surface area contributed by atoms with Gasteiger partial charge in [-0.1, -0.05) is 15.9 Å². The highest BCUT2D eigenvalue weighted by Gasteiger charge is 2.18. The molecule has 3 rings (SSSR count). The van der Waals surface area contributed by atoms with Crippen molar-refractivity contribution in [2.75, 3.05) is 0 Å². The van der Waals surface area contributed by atoms with Crippen LogP contribution in [-0.2, 0) is 0 Å². The number of amides is 1. The lowest BCUT2D eigenvalue weighted by molar-refractivity contribution is 0.0937. The van der Waals surface area contributed by atoms with Gasteiger partial charge in [-0.3, -0.25) is 4.79 Å². The van der Waals surface area contributed by atoms with Gasteiger partial charge in [0.15, 0.2) is 11.6 Å². The minimum Gasteiger partial charge on any atom is -0.342 e. The summed E-state index contributed by atoms with van der Waals surface area (Å²) in [4.78, 5) is 20.9. The van der Waals surface area contributed by atoms with Crippen LogP contribution in [0.4, 0.5) is 0 Å². The molecule has 0 aliphatic carbocycles. The van der Waals surface area contributed by atoms with Gasteiger partial charge in [0.25, 0.3) is 5.91 Å². The average molecular weight is 422 g/mol. The molecule has 8 nitrogen and oxygen atoms in total. The quantitative estimate of drug-likeness (QED) is 0.690. The third-order valence-corrected chi connectivity index (χ3v) is 4.15. The first-order chi connectivity index (χ1) is 13.0. The molecule has 0 aliphatic heterocycles. The Balaban J connectivity index is 1.83. The highest BCUT2D eigenvalue weighted by atomic mass is 79.9. The van der Waals surface area contributed by atoms with Gasteiger partial charge in [-0.25, -0.2) is 9.97 Å². The third kappa shape index (κ3) is 4.00. The van der Waals surface area contributed by atoms with Crippen LogP contribution < -0.4 is 5.32 Å². The summed E-state index contributed by atoms with van der Waals surface area (Å²) in [6, 6.07) is 11.6. The molecule has 0 radical (unpaired) electrons. The van der Waals surface area contributed by atoms with Crippen molar-refractivity contribution >= 4 is 21.8 Å². The number of hydrogen-bond donors (Lipinski definition) is 1. The minimum absolute atomic E-state index is 0.345. The van der Waals surface area contributed by atoms with Gasteiger partial charge in [-0.15, -0.1) is 0 Å². The van der Waals surface area contributed by atoms with Crippen molar-refractivity contribution in [1.82, 2.24) is 25.1 Å². The number of carbonyl (C=O) groups excluding carboxylic acids is 1. The molecule has 2 aromatic heterocycles. The average Bonchev–Trinajstić information content (AvgIpc) is 3.17. The summed E-state index contributed by atoms with van der Waals surface area (Å²) in [5.41, 5.74) is 1.17. The fraction of sp³-hybridized carbons (Fsp3) is 0.111. The lowest BCUT2D eigenvalue weighted by atomic mass is 10.1. The number of rotatable bonds is 4. The van der Waals surface area contributed by atoms with E-state index < -0.39 is 6.04 Å². The smallest absolute Gasteiger partial charge is 0.251 e. The molecule has 0 bridgehead atoms. The Morgan fingerprint density at radius 1 is 1.19 bits per heavy atom. The molecule has 0 fully saturated rings. The van der Waals surface area contributed by atoms with E-state index >= 15 is 0 Å². The fourth-order valence-corrected chi connectivity index (χ4v) is 2.92. The van der Waals surface area contributed by atoms with Crippen LogP contribution in [0.5, 0.6) is 0 Å². The molecule has 0 aliphatic rings. The Labute approximate surface area is 163 Å². The van der Waals surface area contributed by atoms with Crippen LogP contribution in [0.25, 0.3) is 5.82 Å². The number of pyridine rings is 1. The summed E-state index contributed by atoms with van der Waals surface area (Å²) in [5.74, 6) is 0.621. The van der Waals surface area contributed by atoms with Crippen molar-refractivity contribution in [3.63, 3.8) is 0 Å². The van der Waals surface area contributed by atoms with E-state index in [2.05, 4.69) is 36.3 Å². The van der Waals surface area contributed by atoms with Crippen LogP contribution in [0, 0.1) is 22.7 Å². The zero-order valence-corrected chi connectivity index (χ0v) is 15.7. The van der Waals surface area contributed by atoms with Crippen molar-refractivity contribution in [2.45, 2.75) is 13.0 Å². The topological polar surface area (TPSA) is 120 Å². The maximum absolute atomic E-state index is 12.6. The van der Waals surface area contributed by atoms with Gasteiger partial charge < -0.3 is 5.32 Å². The minimum atomic E-state index is -0.470. The summed E-state index contributed by atoms with van der Waals surface area (Å²) in [6.07, 6.45) is 2.81. The summed E-state index contributed by atoms with van der Waals surface area (Å²) in [7, 11) is 0. The maximum atomic E-state index is 12.6. The second-order valence-corrected chi connectivity index (χ2v) is 6.50. The summed E-state index contributed by atoms with van der Waals surface area (Å²) < 4.78 is 2.14. The van der Waals surface area contributed by atoms with Crippen LogP contribution >= 0.6 is 15.9 Å². The van der Waals surface area contributed by atoms with Crippen LogP contribution in [0.2, 0.25) is 0 Å². The summed E-state index contributed by atoms with van der Waals surface area (Å²) in [6.45, 7) is 1.77. The molecule has 0 spiro atoms. The number of hydrogen-bond acceptors (Lipinski definition) is 6. The van der Waals surface area contributed by atoms with Crippen LogP contribution in [0.3, 0.4) is 0 Å². The number of benzene rings is 1. The van der Waals surface area contributed by atoms with Crippen molar-refractivity contribution in [1.29, 1.82) is 10.5 Å². The number of halogens is 1. The van der Waals surface area contributed by atoms with E-state index in [4.69, 9.17) is 10.5 Å².